The van der Waals surface area contributed by atoms with Crippen LogP contribution in [0, 0.1) is 0 Å². The maximum Gasteiger partial charge on any atom is 0.407 e. The normalized spacial score (nSPS) is 14.2. The fraction of sp³-hybridized carbons (Fsp3) is 0.538. The Balaban J connectivity index is 1.89. The van der Waals surface area contributed by atoms with Gasteiger partial charge in [0.2, 0.25) is 0 Å². The SMILES string of the molecule is CC(C)(C)OC(=O)NCc1cc2c(cn1)CNC2. The molecule has 1 aliphatic heterocycles. The molecule has 0 spiro atoms. The van der Waals surface area contributed by atoms with Crippen LogP contribution in [-0.2, 0) is 24.4 Å². The number of nitrogens with one attached hydrogen (secondary N) is 2. The zero-order chi connectivity index (χ0) is 13.2. The third kappa shape index (κ3) is 3.43. The van der Waals surface area contributed by atoms with Gasteiger partial charge in [-0.15, -0.1) is 0 Å². The molecule has 2 N–H and O–H groups in total. The highest BCUT2D eigenvalue weighted by Gasteiger charge is 2.16. The van der Waals surface area contributed by atoms with Crippen LogP contribution in [0.4, 0.5) is 4.79 Å². The van der Waals surface area contributed by atoms with Gasteiger partial charge in [-0.1, -0.05) is 0 Å². The molecule has 18 heavy (non-hydrogen) atoms. The van der Waals surface area contributed by atoms with Crippen molar-refractivity contribution in [2.24, 2.45) is 0 Å². The zero-order valence-electron chi connectivity index (χ0n) is 11.0. The summed E-state index contributed by atoms with van der Waals surface area (Å²) in [7, 11) is 0. The number of rotatable bonds is 2. The van der Waals surface area contributed by atoms with Gasteiger partial charge in [0.1, 0.15) is 5.60 Å². The maximum atomic E-state index is 11.5. The Kier molecular flexibility index (Phi) is 3.52. The molecule has 0 unspecified atom stereocenters. The Morgan fingerprint density at radius 2 is 2.17 bits per heavy atom. The molecule has 0 aromatic carbocycles. The molecule has 0 saturated heterocycles. The second-order valence-electron chi connectivity index (χ2n) is 5.40. The van der Waals surface area contributed by atoms with E-state index in [1.54, 1.807) is 0 Å². The molecule has 0 fully saturated rings. The highest BCUT2D eigenvalue weighted by molar-refractivity contribution is 5.67. The number of carbonyl (C=O) groups excluding carboxylic acids is 1. The van der Waals surface area contributed by atoms with Crippen molar-refractivity contribution < 1.29 is 9.53 Å². The average Bonchev–Trinajstić information content (AvgIpc) is 2.71. The number of amides is 1. The topological polar surface area (TPSA) is 63.2 Å². The molecule has 1 aromatic heterocycles. The minimum absolute atomic E-state index is 0.391. The summed E-state index contributed by atoms with van der Waals surface area (Å²) in [6.07, 6.45) is 1.45. The van der Waals surface area contributed by atoms with Crippen molar-refractivity contribution >= 4 is 6.09 Å². The van der Waals surface area contributed by atoms with E-state index in [2.05, 4.69) is 15.6 Å². The molecule has 0 radical (unpaired) electrons. The lowest BCUT2D eigenvalue weighted by Crippen LogP contribution is -2.32. The molecule has 0 aliphatic carbocycles. The van der Waals surface area contributed by atoms with Crippen LogP contribution in [-0.4, -0.2) is 16.7 Å². The van der Waals surface area contributed by atoms with E-state index in [0.717, 1.165) is 18.8 Å². The van der Waals surface area contributed by atoms with Gasteiger partial charge in [0.25, 0.3) is 0 Å². The van der Waals surface area contributed by atoms with E-state index in [9.17, 15) is 4.79 Å². The third-order valence-corrected chi connectivity index (χ3v) is 2.58. The standard InChI is InChI=1S/C13H19N3O2/c1-13(2,3)18-12(17)16-8-11-4-9-5-14-6-10(9)7-15-11/h4,7,14H,5-6,8H2,1-3H3,(H,16,17). The predicted molar refractivity (Wildman–Crippen MR) is 67.9 cm³/mol. The Labute approximate surface area is 107 Å². The number of pyridine rings is 1. The van der Waals surface area contributed by atoms with E-state index in [1.165, 1.54) is 11.1 Å². The number of alkyl carbamates (subject to hydrolysis) is 1. The number of ether oxygens (including phenoxy) is 1. The molecule has 5 heteroatoms. The summed E-state index contributed by atoms with van der Waals surface area (Å²) in [5, 5.41) is 5.96. The molecule has 1 amide bonds. The fourth-order valence-corrected chi connectivity index (χ4v) is 1.80. The first-order valence-corrected chi connectivity index (χ1v) is 6.08. The van der Waals surface area contributed by atoms with Crippen molar-refractivity contribution in [2.45, 2.75) is 46.0 Å². The van der Waals surface area contributed by atoms with Crippen molar-refractivity contribution in [3.63, 3.8) is 0 Å². The first-order chi connectivity index (χ1) is 8.44. The van der Waals surface area contributed by atoms with Crippen LogP contribution >= 0.6 is 0 Å². The molecule has 1 aliphatic rings. The van der Waals surface area contributed by atoms with Gasteiger partial charge in [-0.05, 0) is 38.0 Å². The summed E-state index contributed by atoms with van der Waals surface area (Å²) in [6, 6.07) is 2.02. The first kappa shape index (κ1) is 12.8. The second-order valence-corrected chi connectivity index (χ2v) is 5.40. The van der Waals surface area contributed by atoms with Gasteiger partial charge in [-0.3, -0.25) is 4.98 Å². The van der Waals surface area contributed by atoms with E-state index < -0.39 is 11.7 Å². The number of nitrogens with zero attached hydrogens (tertiary/aromatic N) is 1. The Morgan fingerprint density at radius 1 is 1.44 bits per heavy atom. The summed E-state index contributed by atoms with van der Waals surface area (Å²) in [4.78, 5) is 15.8. The number of hydrogen-bond donors (Lipinski definition) is 2. The first-order valence-electron chi connectivity index (χ1n) is 6.08. The number of fused-ring (bicyclic) bond motifs is 1. The Hall–Kier alpha value is -1.62. The summed E-state index contributed by atoms with van der Waals surface area (Å²) in [5.41, 5.74) is 2.87. The Morgan fingerprint density at radius 3 is 2.89 bits per heavy atom. The van der Waals surface area contributed by atoms with E-state index in [1.807, 2.05) is 33.0 Å². The van der Waals surface area contributed by atoms with Gasteiger partial charge in [-0.2, -0.15) is 0 Å². The third-order valence-electron chi connectivity index (χ3n) is 2.58. The molecule has 1 aromatic rings. The minimum Gasteiger partial charge on any atom is -0.444 e. The highest BCUT2D eigenvalue weighted by atomic mass is 16.6. The highest BCUT2D eigenvalue weighted by Crippen LogP contribution is 2.14. The van der Waals surface area contributed by atoms with Crippen LogP contribution in [0.15, 0.2) is 12.3 Å². The number of carbonyl (C=O) groups is 1. The van der Waals surface area contributed by atoms with Crippen LogP contribution in [0.1, 0.15) is 37.6 Å². The van der Waals surface area contributed by atoms with Gasteiger partial charge in [-0.25, -0.2) is 4.79 Å². The molecular weight excluding hydrogens is 230 g/mol. The number of hydrogen-bond acceptors (Lipinski definition) is 4. The fourth-order valence-electron chi connectivity index (χ4n) is 1.80. The van der Waals surface area contributed by atoms with Crippen LogP contribution in [0.25, 0.3) is 0 Å². The monoisotopic (exact) mass is 249 g/mol. The predicted octanol–water partition coefficient (Wildman–Crippen LogP) is 1.71. The summed E-state index contributed by atoms with van der Waals surface area (Å²) in [5.74, 6) is 0. The van der Waals surface area contributed by atoms with Gasteiger partial charge in [0, 0.05) is 19.3 Å². The van der Waals surface area contributed by atoms with Crippen molar-refractivity contribution in [3.8, 4) is 0 Å². The van der Waals surface area contributed by atoms with Gasteiger partial charge in [0.15, 0.2) is 0 Å². The molecule has 0 bridgehead atoms. The van der Waals surface area contributed by atoms with Crippen molar-refractivity contribution in [2.75, 3.05) is 0 Å². The minimum atomic E-state index is -0.473. The van der Waals surface area contributed by atoms with Gasteiger partial charge >= 0.3 is 6.09 Å². The summed E-state index contributed by atoms with van der Waals surface area (Å²) < 4.78 is 5.16. The maximum absolute atomic E-state index is 11.5. The lowest BCUT2D eigenvalue weighted by molar-refractivity contribution is 0.0523. The van der Waals surface area contributed by atoms with E-state index >= 15 is 0 Å². The van der Waals surface area contributed by atoms with Crippen LogP contribution in [0.5, 0.6) is 0 Å². The lowest BCUT2D eigenvalue weighted by Gasteiger charge is -2.19. The number of aromatic nitrogens is 1. The molecule has 0 saturated carbocycles. The Bertz CT molecular complexity index is 452. The van der Waals surface area contributed by atoms with Crippen molar-refractivity contribution in [1.82, 2.24) is 15.6 Å². The molecule has 98 valence electrons. The van der Waals surface area contributed by atoms with Crippen LogP contribution in [0.3, 0.4) is 0 Å². The van der Waals surface area contributed by atoms with Crippen molar-refractivity contribution in [3.05, 3.63) is 29.1 Å². The zero-order valence-corrected chi connectivity index (χ0v) is 11.0. The van der Waals surface area contributed by atoms with Crippen molar-refractivity contribution in [1.29, 1.82) is 0 Å². The largest absolute Gasteiger partial charge is 0.444 e. The molecule has 0 atom stereocenters. The summed E-state index contributed by atoms with van der Waals surface area (Å²) >= 11 is 0. The van der Waals surface area contributed by atoms with E-state index in [4.69, 9.17) is 4.74 Å². The molecule has 2 heterocycles. The van der Waals surface area contributed by atoms with Crippen LogP contribution in [0.2, 0.25) is 0 Å². The molecule has 5 nitrogen and oxygen atoms in total. The summed E-state index contributed by atoms with van der Waals surface area (Å²) in [6.45, 7) is 7.66. The van der Waals surface area contributed by atoms with E-state index in [-0.39, 0.29) is 0 Å². The van der Waals surface area contributed by atoms with Gasteiger partial charge < -0.3 is 15.4 Å². The average molecular weight is 249 g/mol. The van der Waals surface area contributed by atoms with E-state index in [0.29, 0.717) is 6.54 Å². The molecule has 2 rings (SSSR count). The van der Waals surface area contributed by atoms with Gasteiger partial charge in [0.05, 0.1) is 12.2 Å². The quantitative estimate of drug-likeness (QED) is 0.837. The molecular formula is C13H19N3O2. The second kappa shape index (κ2) is 4.94. The smallest absolute Gasteiger partial charge is 0.407 e. The van der Waals surface area contributed by atoms with Crippen LogP contribution < -0.4 is 10.6 Å². The lowest BCUT2D eigenvalue weighted by atomic mass is 10.1.